The van der Waals surface area contributed by atoms with Gasteiger partial charge in [0.2, 0.25) is 0 Å². The number of aliphatic hydroxyl groups excluding tert-OH is 1. The zero-order chi connectivity index (χ0) is 15.4. The molecule has 2 N–H and O–H groups in total. The highest BCUT2D eigenvalue weighted by Gasteiger charge is 2.12. The number of rotatable bonds is 6. The van der Waals surface area contributed by atoms with Crippen LogP contribution in [0.3, 0.4) is 0 Å². The second kappa shape index (κ2) is 6.64. The molecule has 1 unspecified atom stereocenters. The van der Waals surface area contributed by atoms with E-state index in [2.05, 4.69) is 26.3 Å². The molecule has 0 saturated heterocycles. The summed E-state index contributed by atoms with van der Waals surface area (Å²) in [4.78, 5) is 9.95. The summed E-state index contributed by atoms with van der Waals surface area (Å²) >= 11 is 3.05. The molecule has 0 saturated carbocycles. The molecule has 0 bridgehead atoms. The number of aliphatic hydroxyl groups is 1. The molecule has 0 spiro atoms. The zero-order valence-corrected chi connectivity index (χ0v) is 12.3. The van der Waals surface area contributed by atoms with Gasteiger partial charge in [-0.25, -0.2) is 4.39 Å². The summed E-state index contributed by atoms with van der Waals surface area (Å²) in [5.74, 6) is -0.405. The van der Waals surface area contributed by atoms with Gasteiger partial charge in [0.05, 0.1) is 22.0 Å². The monoisotopic (exact) mass is 358 g/mol. The minimum absolute atomic E-state index is 0.0971. The van der Waals surface area contributed by atoms with Gasteiger partial charge in [-0.05, 0) is 34.1 Å². The standard InChI is InChI=1S/C12H12BrFN4O3/c13-11-2-1-8(3-12(11)14)15-5-10(19)7-17-6-9(4-16-17)18(20)21/h1-4,6,10,15,19H,5,7H2. The fourth-order valence-corrected chi connectivity index (χ4v) is 1.92. The Balaban J connectivity index is 1.87. The van der Waals surface area contributed by atoms with Crippen LogP contribution in [0.1, 0.15) is 0 Å². The number of halogens is 2. The lowest BCUT2D eigenvalue weighted by Crippen LogP contribution is -2.25. The van der Waals surface area contributed by atoms with Gasteiger partial charge in [-0.1, -0.05) is 0 Å². The number of nitro groups is 1. The van der Waals surface area contributed by atoms with E-state index in [9.17, 15) is 19.6 Å². The third kappa shape index (κ3) is 4.23. The van der Waals surface area contributed by atoms with Crippen LogP contribution in [0, 0.1) is 15.9 Å². The average molecular weight is 359 g/mol. The average Bonchev–Trinajstić information content (AvgIpc) is 2.89. The molecule has 2 rings (SSSR count). The largest absolute Gasteiger partial charge is 0.389 e. The molecular weight excluding hydrogens is 347 g/mol. The van der Waals surface area contributed by atoms with Crippen molar-refractivity contribution in [2.24, 2.45) is 0 Å². The third-order valence-electron chi connectivity index (χ3n) is 2.69. The lowest BCUT2D eigenvalue weighted by Gasteiger charge is -2.13. The van der Waals surface area contributed by atoms with E-state index in [-0.39, 0.29) is 18.8 Å². The molecule has 0 fully saturated rings. The van der Waals surface area contributed by atoms with E-state index in [1.54, 1.807) is 12.1 Å². The molecule has 0 aliphatic heterocycles. The van der Waals surface area contributed by atoms with Gasteiger partial charge in [0.1, 0.15) is 18.2 Å². The van der Waals surface area contributed by atoms with Gasteiger partial charge in [0.15, 0.2) is 0 Å². The first-order valence-electron chi connectivity index (χ1n) is 5.99. The summed E-state index contributed by atoms with van der Waals surface area (Å²) in [6.07, 6.45) is 1.53. The van der Waals surface area contributed by atoms with E-state index in [4.69, 9.17) is 0 Å². The van der Waals surface area contributed by atoms with Crippen LogP contribution in [0.4, 0.5) is 15.8 Å². The quantitative estimate of drug-likeness (QED) is 0.609. The van der Waals surface area contributed by atoms with Gasteiger partial charge in [-0.15, -0.1) is 0 Å². The topological polar surface area (TPSA) is 93.2 Å². The summed E-state index contributed by atoms with van der Waals surface area (Å²) in [6, 6.07) is 4.52. The van der Waals surface area contributed by atoms with Gasteiger partial charge in [0, 0.05) is 12.2 Å². The van der Waals surface area contributed by atoms with Crippen molar-refractivity contribution in [1.29, 1.82) is 0 Å². The van der Waals surface area contributed by atoms with Crippen LogP contribution in [0.2, 0.25) is 0 Å². The van der Waals surface area contributed by atoms with E-state index in [1.165, 1.54) is 16.9 Å². The first-order valence-corrected chi connectivity index (χ1v) is 6.79. The summed E-state index contributed by atoms with van der Waals surface area (Å²) in [7, 11) is 0. The minimum Gasteiger partial charge on any atom is -0.389 e. The van der Waals surface area contributed by atoms with E-state index in [1.807, 2.05) is 0 Å². The molecule has 0 aliphatic carbocycles. The molecule has 0 aliphatic rings. The molecule has 112 valence electrons. The van der Waals surface area contributed by atoms with Crippen molar-refractivity contribution < 1.29 is 14.4 Å². The molecule has 1 aromatic carbocycles. The number of hydrogen-bond donors (Lipinski definition) is 2. The maximum atomic E-state index is 13.3. The van der Waals surface area contributed by atoms with E-state index < -0.39 is 16.8 Å². The SMILES string of the molecule is O=[N+]([O-])c1cnn(CC(O)CNc2ccc(Br)c(F)c2)c1. The number of nitrogens with zero attached hydrogens (tertiary/aromatic N) is 3. The number of anilines is 1. The number of hydrogen-bond acceptors (Lipinski definition) is 5. The molecule has 2 aromatic rings. The molecule has 21 heavy (non-hydrogen) atoms. The summed E-state index contributed by atoms with van der Waals surface area (Å²) in [5, 5.41) is 27.0. The van der Waals surface area contributed by atoms with Crippen molar-refractivity contribution >= 4 is 27.3 Å². The molecule has 1 aromatic heterocycles. The number of aromatic nitrogens is 2. The fourth-order valence-electron chi connectivity index (χ4n) is 1.67. The van der Waals surface area contributed by atoms with Crippen LogP contribution in [0.5, 0.6) is 0 Å². The predicted octanol–water partition coefficient (Wildman–Crippen LogP) is 2.17. The maximum absolute atomic E-state index is 13.3. The van der Waals surface area contributed by atoms with Gasteiger partial charge in [-0.3, -0.25) is 14.8 Å². The van der Waals surface area contributed by atoms with Crippen molar-refractivity contribution in [2.45, 2.75) is 12.6 Å². The van der Waals surface area contributed by atoms with Crippen LogP contribution in [0.25, 0.3) is 0 Å². The van der Waals surface area contributed by atoms with Crippen molar-refractivity contribution in [2.75, 3.05) is 11.9 Å². The molecule has 7 nitrogen and oxygen atoms in total. The molecule has 0 amide bonds. The Hall–Kier alpha value is -2.00. The van der Waals surface area contributed by atoms with Crippen LogP contribution < -0.4 is 5.32 Å². The number of benzene rings is 1. The Labute approximate surface area is 127 Å². The Morgan fingerprint density at radius 1 is 1.57 bits per heavy atom. The highest BCUT2D eigenvalue weighted by atomic mass is 79.9. The molecule has 0 radical (unpaired) electrons. The Bertz CT molecular complexity index is 649. The third-order valence-corrected chi connectivity index (χ3v) is 3.33. The molecule has 1 heterocycles. The van der Waals surface area contributed by atoms with Gasteiger partial charge in [-0.2, -0.15) is 5.10 Å². The Morgan fingerprint density at radius 3 is 2.95 bits per heavy atom. The van der Waals surface area contributed by atoms with Crippen molar-refractivity contribution in [3.05, 3.63) is 51.0 Å². The van der Waals surface area contributed by atoms with Gasteiger partial charge >= 0.3 is 5.69 Å². The smallest absolute Gasteiger partial charge is 0.306 e. The summed E-state index contributed by atoms with van der Waals surface area (Å²) in [6.45, 7) is 0.259. The molecule has 9 heteroatoms. The zero-order valence-electron chi connectivity index (χ0n) is 10.7. The Kier molecular flexibility index (Phi) is 4.86. The highest BCUT2D eigenvalue weighted by Crippen LogP contribution is 2.19. The first-order chi connectivity index (χ1) is 9.95. The lowest BCUT2D eigenvalue weighted by atomic mass is 10.3. The summed E-state index contributed by atoms with van der Waals surface area (Å²) in [5.41, 5.74) is 0.395. The van der Waals surface area contributed by atoms with Crippen LogP contribution in [0.15, 0.2) is 35.1 Å². The van der Waals surface area contributed by atoms with Crippen molar-refractivity contribution in [3.8, 4) is 0 Å². The Morgan fingerprint density at radius 2 is 2.33 bits per heavy atom. The predicted molar refractivity (Wildman–Crippen MR) is 77.5 cm³/mol. The van der Waals surface area contributed by atoms with E-state index >= 15 is 0 Å². The minimum atomic E-state index is -0.823. The second-order valence-electron chi connectivity index (χ2n) is 4.34. The number of nitrogens with one attached hydrogen (secondary N) is 1. The second-order valence-corrected chi connectivity index (χ2v) is 5.20. The summed E-state index contributed by atoms with van der Waals surface area (Å²) < 4.78 is 14.9. The fraction of sp³-hybridized carbons (Fsp3) is 0.250. The van der Waals surface area contributed by atoms with E-state index in [0.717, 1.165) is 6.20 Å². The van der Waals surface area contributed by atoms with Gasteiger partial charge < -0.3 is 10.4 Å². The van der Waals surface area contributed by atoms with Crippen molar-refractivity contribution in [1.82, 2.24) is 9.78 Å². The molecular formula is C12H12BrFN4O3. The first kappa shape index (κ1) is 15.4. The normalized spacial score (nSPS) is 12.1. The lowest BCUT2D eigenvalue weighted by molar-refractivity contribution is -0.385. The van der Waals surface area contributed by atoms with Crippen molar-refractivity contribution in [3.63, 3.8) is 0 Å². The van der Waals surface area contributed by atoms with Gasteiger partial charge in [0.25, 0.3) is 0 Å². The van der Waals surface area contributed by atoms with Crippen LogP contribution >= 0.6 is 15.9 Å². The van der Waals surface area contributed by atoms with E-state index in [0.29, 0.717) is 10.2 Å². The van der Waals surface area contributed by atoms with Crippen LogP contribution in [-0.2, 0) is 6.54 Å². The molecule has 1 atom stereocenters. The van der Waals surface area contributed by atoms with Crippen LogP contribution in [-0.4, -0.2) is 32.5 Å². The highest BCUT2D eigenvalue weighted by molar-refractivity contribution is 9.10. The maximum Gasteiger partial charge on any atom is 0.306 e.